The van der Waals surface area contributed by atoms with E-state index in [9.17, 15) is 5.11 Å². The van der Waals surface area contributed by atoms with Crippen LogP contribution in [0.15, 0.2) is 0 Å². The molecule has 1 aliphatic carbocycles. The zero-order valence-corrected chi connectivity index (χ0v) is 9.87. The van der Waals surface area contributed by atoms with Crippen LogP contribution in [0, 0.1) is 0 Å². The summed E-state index contributed by atoms with van der Waals surface area (Å²) in [6.07, 6.45) is 7.16. The molecule has 1 saturated carbocycles. The van der Waals surface area contributed by atoms with E-state index in [1.165, 1.54) is 25.7 Å². The molecule has 14 heavy (non-hydrogen) atoms. The standard InChI is InChI=1S/C12H25NO/c1-10(2)13(3)11-8-6-4-5-7-9-12(11)14/h10-12,14H,4-9H2,1-3H3. The molecule has 84 valence electrons. The second kappa shape index (κ2) is 5.72. The van der Waals surface area contributed by atoms with E-state index in [4.69, 9.17) is 0 Å². The molecule has 0 aromatic rings. The van der Waals surface area contributed by atoms with Crippen molar-refractivity contribution in [2.45, 2.75) is 70.6 Å². The molecule has 1 rings (SSSR count). The normalized spacial score (nSPS) is 30.4. The number of hydrogen-bond acceptors (Lipinski definition) is 2. The molecular formula is C12H25NO. The van der Waals surface area contributed by atoms with E-state index in [-0.39, 0.29) is 6.10 Å². The van der Waals surface area contributed by atoms with Crippen LogP contribution < -0.4 is 0 Å². The maximum Gasteiger partial charge on any atom is 0.0695 e. The molecule has 0 radical (unpaired) electrons. The number of hydrogen-bond donors (Lipinski definition) is 1. The number of aliphatic hydroxyl groups excluding tert-OH is 1. The van der Waals surface area contributed by atoms with Crippen LogP contribution in [0.3, 0.4) is 0 Å². The van der Waals surface area contributed by atoms with Gasteiger partial charge in [0.25, 0.3) is 0 Å². The van der Waals surface area contributed by atoms with Crippen molar-refractivity contribution in [1.29, 1.82) is 0 Å². The minimum Gasteiger partial charge on any atom is -0.391 e. The molecule has 2 atom stereocenters. The smallest absolute Gasteiger partial charge is 0.0695 e. The number of nitrogens with zero attached hydrogens (tertiary/aromatic N) is 1. The Kier molecular flexibility index (Phi) is 4.90. The first kappa shape index (κ1) is 12.0. The molecule has 0 saturated heterocycles. The van der Waals surface area contributed by atoms with Crippen molar-refractivity contribution < 1.29 is 5.11 Å². The van der Waals surface area contributed by atoms with E-state index in [1.54, 1.807) is 0 Å². The quantitative estimate of drug-likeness (QED) is 0.738. The lowest BCUT2D eigenvalue weighted by Gasteiger charge is -2.36. The SMILES string of the molecule is CC(C)N(C)C1CCCCCCC1O. The van der Waals surface area contributed by atoms with E-state index in [0.29, 0.717) is 12.1 Å². The van der Waals surface area contributed by atoms with Gasteiger partial charge >= 0.3 is 0 Å². The molecule has 0 bridgehead atoms. The van der Waals surface area contributed by atoms with E-state index in [1.807, 2.05) is 0 Å². The van der Waals surface area contributed by atoms with Gasteiger partial charge in [-0.1, -0.05) is 25.7 Å². The van der Waals surface area contributed by atoms with Gasteiger partial charge in [-0.2, -0.15) is 0 Å². The molecule has 0 aromatic carbocycles. The van der Waals surface area contributed by atoms with E-state index >= 15 is 0 Å². The van der Waals surface area contributed by atoms with Gasteiger partial charge in [0.2, 0.25) is 0 Å². The Bertz CT molecular complexity index is 158. The van der Waals surface area contributed by atoms with Crippen LogP contribution >= 0.6 is 0 Å². The second-order valence-corrected chi connectivity index (χ2v) is 4.89. The van der Waals surface area contributed by atoms with E-state index in [2.05, 4.69) is 25.8 Å². The summed E-state index contributed by atoms with van der Waals surface area (Å²) < 4.78 is 0. The minimum absolute atomic E-state index is 0.109. The average Bonchev–Trinajstić information content (AvgIpc) is 2.11. The van der Waals surface area contributed by atoms with Gasteiger partial charge in [0, 0.05) is 12.1 Å². The van der Waals surface area contributed by atoms with Crippen LogP contribution in [0.4, 0.5) is 0 Å². The molecule has 1 aliphatic rings. The Balaban J connectivity index is 2.52. The predicted octanol–water partition coefficient (Wildman–Crippen LogP) is 2.41. The lowest BCUT2D eigenvalue weighted by Crippen LogP contribution is -2.45. The molecule has 2 heteroatoms. The van der Waals surface area contributed by atoms with Crippen molar-refractivity contribution >= 4 is 0 Å². The predicted molar refractivity (Wildman–Crippen MR) is 60.4 cm³/mol. The third kappa shape index (κ3) is 3.25. The summed E-state index contributed by atoms with van der Waals surface area (Å²) in [5.74, 6) is 0. The largest absolute Gasteiger partial charge is 0.391 e. The molecule has 1 N–H and O–H groups in total. The van der Waals surface area contributed by atoms with Gasteiger partial charge in [-0.15, -0.1) is 0 Å². The minimum atomic E-state index is -0.109. The van der Waals surface area contributed by atoms with Crippen molar-refractivity contribution in [3.8, 4) is 0 Å². The van der Waals surface area contributed by atoms with Gasteiger partial charge < -0.3 is 5.11 Å². The highest BCUT2D eigenvalue weighted by Crippen LogP contribution is 2.22. The molecule has 0 aromatic heterocycles. The van der Waals surface area contributed by atoms with Crippen molar-refractivity contribution in [2.75, 3.05) is 7.05 Å². The Morgan fingerprint density at radius 2 is 1.64 bits per heavy atom. The van der Waals surface area contributed by atoms with Gasteiger partial charge in [0.1, 0.15) is 0 Å². The molecule has 0 spiro atoms. The van der Waals surface area contributed by atoms with Crippen molar-refractivity contribution in [3.63, 3.8) is 0 Å². The van der Waals surface area contributed by atoms with Crippen LogP contribution in [0.25, 0.3) is 0 Å². The number of rotatable bonds is 2. The van der Waals surface area contributed by atoms with Crippen molar-refractivity contribution in [2.24, 2.45) is 0 Å². The topological polar surface area (TPSA) is 23.5 Å². The Morgan fingerprint density at radius 3 is 2.21 bits per heavy atom. The maximum atomic E-state index is 10.1. The van der Waals surface area contributed by atoms with Gasteiger partial charge in [0.15, 0.2) is 0 Å². The third-order valence-corrected chi connectivity index (χ3v) is 3.53. The van der Waals surface area contributed by atoms with Gasteiger partial charge in [-0.25, -0.2) is 0 Å². The third-order valence-electron chi connectivity index (χ3n) is 3.53. The highest BCUT2D eigenvalue weighted by Gasteiger charge is 2.25. The molecular weight excluding hydrogens is 174 g/mol. The summed E-state index contributed by atoms with van der Waals surface area (Å²) in [6, 6.07) is 0.921. The van der Waals surface area contributed by atoms with Crippen LogP contribution in [0.1, 0.15) is 52.4 Å². The van der Waals surface area contributed by atoms with Crippen LogP contribution in [0.2, 0.25) is 0 Å². The molecule has 0 amide bonds. The van der Waals surface area contributed by atoms with Gasteiger partial charge in [-0.3, -0.25) is 4.90 Å². The first-order chi connectivity index (χ1) is 6.63. The lowest BCUT2D eigenvalue weighted by molar-refractivity contribution is 0.0305. The Labute approximate surface area is 88.3 Å². The molecule has 2 nitrogen and oxygen atoms in total. The fourth-order valence-corrected chi connectivity index (χ4v) is 2.30. The highest BCUT2D eigenvalue weighted by atomic mass is 16.3. The summed E-state index contributed by atoms with van der Waals surface area (Å²) in [6.45, 7) is 4.40. The summed E-state index contributed by atoms with van der Waals surface area (Å²) in [7, 11) is 2.14. The van der Waals surface area contributed by atoms with Crippen LogP contribution in [-0.2, 0) is 0 Å². The number of likely N-dealkylation sites (N-methyl/N-ethyl adjacent to an activating group) is 1. The summed E-state index contributed by atoms with van der Waals surface area (Å²) in [5, 5.41) is 10.1. The molecule has 2 unspecified atom stereocenters. The monoisotopic (exact) mass is 199 g/mol. The first-order valence-corrected chi connectivity index (χ1v) is 6.03. The van der Waals surface area contributed by atoms with Crippen LogP contribution in [-0.4, -0.2) is 35.2 Å². The zero-order chi connectivity index (χ0) is 10.6. The van der Waals surface area contributed by atoms with Gasteiger partial charge in [-0.05, 0) is 33.7 Å². The highest BCUT2D eigenvalue weighted by molar-refractivity contribution is 4.80. The maximum absolute atomic E-state index is 10.1. The molecule has 1 fully saturated rings. The van der Waals surface area contributed by atoms with E-state index < -0.39 is 0 Å². The summed E-state index contributed by atoms with van der Waals surface area (Å²) in [4.78, 5) is 2.33. The van der Waals surface area contributed by atoms with E-state index in [0.717, 1.165) is 12.8 Å². The molecule has 0 aliphatic heterocycles. The summed E-state index contributed by atoms with van der Waals surface area (Å²) in [5.41, 5.74) is 0. The lowest BCUT2D eigenvalue weighted by atomic mass is 9.93. The second-order valence-electron chi connectivity index (χ2n) is 4.89. The fraction of sp³-hybridized carbons (Fsp3) is 1.00. The number of aliphatic hydroxyl groups is 1. The van der Waals surface area contributed by atoms with Crippen molar-refractivity contribution in [3.05, 3.63) is 0 Å². The fourth-order valence-electron chi connectivity index (χ4n) is 2.30. The molecule has 0 heterocycles. The van der Waals surface area contributed by atoms with Crippen LogP contribution in [0.5, 0.6) is 0 Å². The summed E-state index contributed by atoms with van der Waals surface area (Å²) >= 11 is 0. The first-order valence-electron chi connectivity index (χ1n) is 6.03. The zero-order valence-electron chi connectivity index (χ0n) is 9.87. The van der Waals surface area contributed by atoms with Crippen molar-refractivity contribution in [1.82, 2.24) is 4.90 Å². The Morgan fingerprint density at radius 1 is 1.07 bits per heavy atom. The Hall–Kier alpha value is -0.0800. The average molecular weight is 199 g/mol. The van der Waals surface area contributed by atoms with Gasteiger partial charge in [0.05, 0.1) is 6.10 Å².